The SMILES string of the molecule is CCCOC[C@@H](C(=O)N1CC[C@@]2(C1)C(=O)Nc1ccccc12)N(C)C(=O)c1cc2c(F)cc(F)cc2[nH]1. The predicted octanol–water partition coefficient (Wildman–Crippen LogP) is 3.44. The molecule has 0 unspecified atom stereocenters. The monoisotopic (exact) mass is 510 g/mol. The van der Waals surface area contributed by atoms with Crippen molar-refractivity contribution >= 4 is 34.3 Å². The van der Waals surface area contributed by atoms with Crippen LogP contribution in [0.15, 0.2) is 42.5 Å². The number of amides is 3. The lowest BCUT2D eigenvalue weighted by Gasteiger charge is -2.31. The van der Waals surface area contributed by atoms with Gasteiger partial charge in [0, 0.05) is 43.9 Å². The summed E-state index contributed by atoms with van der Waals surface area (Å²) in [7, 11) is 1.48. The molecule has 2 aromatic carbocycles. The minimum Gasteiger partial charge on any atom is -0.379 e. The maximum Gasteiger partial charge on any atom is 0.270 e. The van der Waals surface area contributed by atoms with Gasteiger partial charge in [0.25, 0.3) is 5.91 Å². The third-order valence-electron chi connectivity index (χ3n) is 7.29. The van der Waals surface area contributed by atoms with Gasteiger partial charge >= 0.3 is 0 Å². The van der Waals surface area contributed by atoms with Gasteiger partial charge in [-0.05, 0) is 36.6 Å². The van der Waals surface area contributed by atoms with Crippen molar-refractivity contribution in [3.8, 4) is 0 Å². The van der Waals surface area contributed by atoms with Crippen LogP contribution in [0.4, 0.5) is 14.5 Å². The second-order valence-electron chi connectivity index (χ2n) is 9.63. The van der Waals surface area contributed by atoms with Gasteiger partial charge in [0.15, 0.2) is 0 Å². The first-order valence-electron chi connectivity index (χ1n) is 12.3. The van der Waals surface area contributed by atoms with Crippen molar-refractivity contribution in [3.05, 3.63) is 65.4 Å². The van der Waals surface area contributed by atoms with E-state index in [1.165, 1.54) is 18.0 Å². The Morgan fingerprint density at radius 2 is 2.00 bits per heavy atom. The Bertz CT molecular complexity index is 1390. The van der Waals surface area contributed by atoms with Gasteiger partial charge in [-0.25, -0.2) is 8.78 Å². The molecule has 8 nitrogen and oxygen atoms in total. The fourth-order valence-electron chi connectivity index (χ4n) is 5.28. The number of halogens is 2. The maximum atomic E-state index is 14.2. The van der Waals surface area contributed by atoms with Crippen molar-refractivity contribution < 1.29 is 27.9 Å². The summed E-state index contributed by atoms with van der Waals surface area (Å²) in [5.74, 6) is -2.59. The molecule has 0 saturated carbocycles. The van der Waals surface area contributed by atoms with Crippen LogP contribution in [0.2, 0.25) is 0 Å². The number of carbonyl (C=O) groups excluding carboxylic acids is 3. The molecule has 194 valence electrons. The van der Waals surface area contributed by atoms with Crippen LogP contribution in [0.5, 0.6) is 0 Å². The highest BCUT2D eigenvalue weighted by Crippen LogP contribution is 2.44. The van der Waals surface area contributed by atoms with E-state index in [-0.39, 0.29) is 41.6 Å². The quantitative estimate of drug-likeness (QED) is 0.476. The Morgan fingerprint density at radius 3 is 2.78 bits per heavy atom. The van der Waals surface area contributed by atoms with E-state index in [0.29, 0.717) is 19.6 Å². The summed E-state index contributed by atoms with van der Waals surface area (Å²) in [5.41, 5.74) is 0.955. The third kappa shape index (κ3) is 4.25. The number of nitrogens with zero attached hydrogens (tertiary/aromatic N) is 2. The van der Waals surface area contributed by atoms with Gasteiger partial charge in [-0.3, -0.25) is 14.4 Å². The van der Waals surface area contributed by atoms with Crippen LogP contribution in [0, 0.1) is 11.6 Å². The van der Waals surface area contributed by atoms with Gasteiger partial charge < -0.3 is 24.8 Å². The Labute approximate surface area is 212 Å². The molecule has 2 aliphatic heterocycles. The fraction of sp³-hybridized carbons (Fsp3) is 0.370. The minimum atomic E-state index is -0.970. The summed E-state index contributed by atoms with van der Waals surface area (Å²) < 4.78 is 33.5. The number of rotatable bonds is 7. The predicted molar refractivity (Wildman–Crippen MR) is 133 cm³/mol. The summed E-state index contributed by atoms with van der Waals surface area (Å²) >= 11 is 0. The molecule has 3 aromatic rings. The number of aromatic nitrogens is 1. The average molecular weight is 511 g/mol. The van der Waals surface area contributed by atoms with Gasteiger partial charge in [-0.2, -0.15) is 0 Å². The Morgan fingerprint density at radius 1 is 1.22 bits per heavy atom. The number of likely N-dealkylation sites (tertiary alicyclic amines) is 1. The molecule has 5 rings (SSSR count). The molecule has 10 heteroatoms. The molecule has 37 heavy (non-hydrogen) atoms. The van der Waals surface area contributed by atoms with E-state index in [9.17, 15) is 23.2 Å². The number of anilines is 1. The number of likely N-dealkylation sites (N-methyl/N-ethyl adjacent to an activating group) is 1. The van der Waals surface area contributed by atoms with Crippen molar-refractivity contribution in [3.63, 3.8) is 0 Å². The van der Waals surface area contributed by atoms with Gasteiger partial charge in [0.2, 0.25) is 11.8 Å². The fourth-order valence-corrected chi connectivity index (χ4v) is 5.28. The zero-order chi connectivity index (χ0) is 26.3. The number of fused-ring (bicyclic) bond motifs is 3. The van der Waals surface area contributed by atoms with Crippen molar-refractivity contribution in [2.45, 2.75) is 31.2 Å². The van der Waals surface area contributed by atoms with Crippen molar-refractivity contribution in [2.24, 2.45) is 0 Å². The van der Waals surface area contributed by atoms with Gasteiger partial charge in [-0.1, -0.05) is 25.1 Å². The number of benzene rings is 2. The Balaban J connectivity index is 1.40. The molecule has 3 amide bonds. The van der Waals surface area contributed by atoms with E-state index in [0.717, 1.165) is 29.8 Å². The second-order valence-corrected chi connectivity index (χ2v) is 9.63. The second kappa shape index (κ2) is 9.59. The van der Waals surface area contributed by atoms with Gasteiger partial charge in [0.1, 0.15) is 23.4 Å². The van der Waals surface area contributed by atoms with Crippen LogP contribution in [0.25, 0.3) is 10.9 Å². The number of hydrogen-bond acceptors (Lipinski definition) is 4. The first kappa shape index (κ1) is 24.9. The molecule has 1 saturated heterocycles. The normalized spacial score (nSPS) is 19.4. The van der Waals surface area contributed by atoms with E-state index < -0.39 is 29.0 Å². The van der Waals surface area contributed by atoms with Crippen molar-refractivity contribution in [1.29, 1.82) is 0 Å². The molecule has 0 bridgehead atoms. The highest BCUT2D eigenvalue weighted by molar-refractivity contribution is 6.07. The smallest absolute Gasteiger partial charge is 0.270 e. The van der Waals surface area contributed by atoms with E-state index in [1.807, 2.05) is 31.2 Å². The number of ether oxygens (including phenoxy) is 1. The number of nitrogens with one attached hydrogen (secondary N) is 2. The molecule has 3 heterocycles. The molecular formula is C27H28F2N4O4. The van der Waals surface area contributed by atoms with Crippen LogP contribution in [0.3, 0.4) is 0 Å². The summed E-state index contributed by atoms with van der Waals surface area (Å²) in [5, 5.41) is 3.00. The van der Waals surface area contributed by atoms with Crippen LogP contribution in [-0.4, -0.2) is 71.9 Å². The lowest BCUT2D eigenvalue weighted by atomic mass is 9.81. The standard InChI is InChI=1S/C27H28F2N4O4/c1-3-10-37-14-23(32(2)24(34)22-13-17-19(29)11-16(28)12-21(17)30-22)25(35)33-9-8-27(15-33)18-6-4-5-7-20(18)31-26(27)36/h4-7,11-13,23,30H,3,8-10,14-15H2,1-2H3,(H,31,36)/t23-,27-/m0/s1. The van der Waals surface area contributed by atoms with Crippen LogP contribution >= 0.6 is 0 Å². The molecule has 2 aliphatic rings. The zero-order valence-corrected chi connectivity index (χ0v) is 20.6. The van der Waals surface area contributed by atoms with Gasteiger partial charge in [-0.15, -0.1) is 0 Å². The first-order valence-corrected chi connectivity index (χ1v) is 12.3. The highest BCUT2D eigenvalue weighted by atomic mass is 19.1. The van der Waals surface area contributed by atoms with Crippen molar-refractivity contribution in [2.75, 3.05) is 38.7 Å². The van der Waals surface area contributed by atoms with Gasteiger partial charge in [0.05, 0.1) is 17.5 Å². The molecular weight excluding hydrogens is 482 g/mol. The van der Waals surface area contributed by atoms with Crippen LogP contribution < -0.4 is 5.32 Å². The zero-order valence-electron chi connectivity index (χ0n) is 20.6. The minimum absolute atomic E-state index is 0.0253. The molecule has 1 fully saturated rings. The lowest BCUT2D eigenvalue weighted by Crippen LogP contribution is -2.52. The maximum absolute atomic E-state index is 14.2. The number of hydrogen-bond donors (Lipinski definition) is 2. The molecule has 1 aromatic heterocycles. The number of carbonyl (C=O) groups is 3. The summed E-state index contributed by atoms with van der Waals surface area (Å²) in [6.45, 7) is 2.85. The summed E-state index contributed by atoms with van der Waals surface area (Å²) in [6, 6.07) is 9.65. The topological polar surface area (TPSA) is 94.7 Å². The average Bonchev–Trinajstić information content (AvgIpc) is 3.58. The third-order valence-corrected chi connectivity index (χ3v) is 7.29. The first-order chi connectivity index (χ1) is 17.7. The van der Waals surface area contributed by atoms with Crippen LogP contribution in [0.1, 0.15) is 35.8 Å². The Hall–Kier alpha value is -3.79. The van der Waals surface area contributed by atoms with E-state index in [1.54, 1.807) is 4.90 Å². The largest absolute Gasteiger partial charge is 0.379 e. The lowest BCUT2D eigenvalue weighted by molar-refractivity contribution is -0.137. The van der Waals surface area contributed by atoms with Crippen molar-refractivity contribution in [1.82, 2.24) is 14.8 Å². The highest BCUT2D eigenvalue weighted by Gasteiger charge is 2.52. The van der Waals surface area contributed by atoms with E-state index in [2.05, 4.69) is 10.3 Å². The number of H-pyrrole nitrogens is 1. The summed E-state index contributed by atoms with van der Waals surface area (Å²) in [4.78, 5) is 45.7. The Kier molecular flexibility index (Phi) is 6.45. The number of para-hydroxylation sites is 1. The van der Waals surface area contributed by atoms with E-state index in [4.69, 9.17) is 4.74 Å². The summed E-state index contributed by atoms with van der Waals surface area (Å²) in [6.07, 6.45) is 1.20. The molecule has 2 atom stereocenters. The van der Waals surface area contributed by atoms with E-state index >= 15 is 0 Å². The molecule has 2 N–H and O–H groups in total. The molecule has 0 radical (unpaired) electrons. The molecule has 1 spiro atoms. The number of aromatic amines is 1. The molecule has 0 aliphatic carbocycles. The van der Waals surface area contributed by atoms with Crippen LogP contribution in [-0.2, 0) is 19.7 Å².